The Morgan fingerprint density at radius 3 is 2.88 bits per heavy atom. The molecule has 0 aliphatic rings. The van der Waals surface area contributed by atoms with E-state index < -0.39 is 0 Å². The summed E-state index contributed by atoms with van der Waals surface area (Å²) in [6, 6.07) is 11.7. The minimum Gasteiger partial charge on any atom is -0.307 e. The Kier molecular flexibility index (Phi) is 1.74. The molecule has 0 bridgehead atoms. The molecule has 2 heterocycles. The second-order valence-electron chi connectivity index (χ2n) is 3.70. The maximum absolute atomic E-state index is 11.9. The van der Waals surface area contributed by atoms with E-state index in [9.17, 15) is 4.79 Å². The second-order valence-corrected chi connectivity index (χ2v) is 3.70. The lowest BCUT2D eigenvalue weighted by atomic mass is 10.2. The Balaban J connectivity index is 2.60. The number of fused-ring (bicyclic) bond motifs is 3. The average molecular weight is 210 g/mol. The third-order valence-corrected chi connectivity index (χ3v) is 2.72. The van der Waals surface area contributed by atoms with Gasteiger partial charge in [0, 0.05) is 11.1 Å². The molecule has 78 valence electrons. The van der Waals surface area contributed by atoms with E-state index >= 15 is 0 Å². The van der Waals surface area contributed by atoms with Gasteiger partial charge in [-0.3, -0.25) is 4.40 Å². The molecule has 3 heteroatoms. The van der Waals surface area contributed by atoms with Gasteiger partial charge in [-0.15, -0.1) is 0 Å². The SMILES string of the molecule is C=Cc1cc2cc3ccccc3n2c(=O)[nH]1. The number of hydrogen-bond donors (Lipinski definition) is 1. The number of nitrogens with zero attached hydrogens (tertiary/aromatic N) is 1. The first kappa shape index (κ1) is 8.97. The summed E-state index contributed by atoms with van der Waals surface area (Å²) in [5, 5.41) is 1.06. The first-order valence-corrected chi connectivity index (χ1v) is 5.05. The summed E-state index contributed by atoms with van der Waals surface area (Å²) in [4.78, 5) is 14.7. The molecule has 0 aliphatic heterocycles. The van der Waals surface area contributed by atoms with Crippen molar-refractivity contribution in [1.29, 1.82) is 0 Å². The largest absolute Gasteiger partial charge is 0.330 e. The number of nitrogens with one attached hydrogen (secondary N) is 1. The molecular formula is C13H10N2O. The minimum atomic E-state index is -0.131. The summed E-state index contributed by atoms with van der Waals surface area (Å²) in [5.74, 6) is 0. The first-order chi connectivity index (χ1) is 7.79. The fraction of sp³-hybridized carbons (Fsp3) is 0. The highest BCUT2D eigenvalue weighted by atomic mass is 16.1. The predicted molar refractivity (Wildman–Crippen MR) is 65.6 cm³/mol. The molecule has 0 spiro atoms. The highest BCUT2D eigenvalue weighted by molar-refractivity contribution is 5.87. The van der Waals surface area contributed by atoms with Crippen LogP contribution in [0.25, 0.3) is 22.5 Å². The van der Waals surface area contributed by atoms with E-state index in [1.165, 1.54) is 0 Å². The van der Waals surface area contributed by atoms with Gasteiger partial charge in [0.1, 0.15) is 0 Å². The molecule has 3 nitrogen and oxygen atoms in total. The van der Waals surface area contributed by atoms with E-state index in [0.29, 0.717) is 0 Å². The van der Waals surface area contributed by atoms with Crippen LogP contribution in [0.1, 0.15) is 5.69 Å². The monoisotopic (exact) mass is 210 g/mol. The molecule has 1 N–H and O–H groups in total. The standard InChI is InChI=1S/C13H10N2O/c1-2-10-8-11-7-9-5-3-4-6-12(9)15(11)13(16)14-10/h2-8H,1H2,(H,14,16). The first-order valence-electron chi connectivity index (χ1n) is 5.05. The van der Waals surface area contributed by atoms with Crippen molar-refractivity contribution in [2.45, 2.75) is 0 Å². The molecule has 0 amide bonds. The third kappa shape index (κ3) is 1.11. The van der Waals surface area contributed by atoms with Gasteiger partial charge in [-0.2, -0.15) is 0 Å². The maximum Gasteiger partial charge on any atom is 0.330 e. The highest BCUT2D eigenvalue weighted by Gasteiger charge is 2.05. The Bertz CT molecular complexity index is 749. The summed E-state index contributed by atoms with van der Waals surface area (Å²) in [6.45, 7) is 3.65. The zero-order valence-electron chi connectivity index (χ0n) is 8.60. The van der Waals surface area contributed by atoms with Gasteiger partial charge < -0.3 is 4.98 Å². The number of para-hydroxylation sites is 1. The summed E-state index contributed by atoms with van der Waals surface area (Å²) >= 11 is 0. The van der Waals surface area contributed by atoms with Crippen molar-refractivity contribution in [3.05, 3.63) is 59.2 Å². The molecule has 0 aliphatic carbocycles. The normalized spacial score (nSPS) is 11.0. The molecular weight excluding hydrogens is 200 g/mol. The number of rotatable bonds is 1. The maximum atomic E-state index is 11.9. The van der Waals surface area contributed by atoms with E-state index in [4.69, 9.17) is 0 Å². The topological polar surface area (TPSA) is 37.3 Å². The van der Waals surface area contributed by atoms with Crippen molar-refractivity contribution in [1.82, 2.24) is 9.38 Å². The number of aromatic nitrogens is 2. The number of benzene rings is 1. The Morgan fingerprint density at radius 2 is 2.06 bits per heavy atom. The van der Waals surface area contributed by atoms with Gasteiger partial charge in [0.2, 0.25) is 0 Å². The van der Waals surface area contributed by atoms with E-state index in [0.717, 1.165) is 22.1 Å². The fourth-order valence-electron chi connectivity index (χ4n) is 1.99. The van der Waals surface area contributed by atoms with E-state index in [-0.39, 0.29) is 5.69 Å². The quantitative estimate of drug-likeness (QED) is 0.658. The zero-order chi connectivity index (χ0) is 11.1. The Labute approximate surface area is 91.7 Å². The summed E-state index contributed by atoms with van der Waals surface area (Å²) in [5.41, 5.74) is 2.42. The van der Waals surface area contributed by atoms with Crippen LogP contribution >= 0.6 is 0 Å². The van der Waals surface area contributed by atoms with Gasteiger partial charge in [0.25, 0.3) is 0 Å². The van der Waals surface area contributed by atoms with Crippen LogP contribution in [0.2, 0.25) is 0 Å². The average Bonchev–Trinajstić information content (AvgIpc) is 2.67. The smallest absolute Gasteiger partial charge is 0.307 e. The van der Waals surface area contributed by atoms with Crippen LogP contribution in [0, 0.1) is 0 Å². The highest BCUT2D eigenvalue weighted by Crippen LogP contribution is 2.18. The van der Waals surface area contributed by atoms with Gasteiger partial charge in [-0.1, -0.05) is 24.8 Å². The van der Waals surface area contributed by atoms with Crippen LogP contribution in [0.15, 0.2) is 47.8 Å². The minimum absolute atomic E-state index is 0.131. The molecule has 0 saturated heterocycles. The molecule has 3 aromatic rings. The van der Waals surface area contributed by atoms with E-state index in [1.807, 2.05) is 36.4 Å². The van der Waals surface area contributed by atoms with E-state index in [2.05, 4.69) is 11.6 Å². The summed E-state index contributed by atoms with van der Waals surface area (Å²) < 4.78 is 1.67. The molecule has 0 saturated carbocycles. The zero-order valence-corrected chi connectivity index (χ0v) is 8.60. The summed E-state index contributed by atoms with van der Waals surface area (Å²) in [6.07, 6.45) is 1.64. The van der Waals surface area contributed by atoms with Crippen molar-refractivity contribution in [2.75, 3.05) is 0 Å². The Hall–Kier alpha value is -2.29. The molecule has 1 aromatic carbocycles. The summed E-state index contributed by atoms with van der Waals surface area (Å²) in [7, 11) is 0. The molecule has 3 rings (SSSR count). The van der Waals surface area contributed by atoms with Crippen LogP contribution in [0.4, 0.5) is 0 Å². The van der Waals surface area contributed by atoms with Gasteiger partial charge in [-0.25, -0.2) is 4.79 Å². The number of H-pyrrole nitrogens is 1. The molecule has 0 atom stereocenters. The lowest BCUT2D eigenvalue weighted by molar-refractivity contribution is 1.03. The van der Waals surface area contributed by atoms with Crippen molar-refractivity contribution in [3.63, 3.8) is 0 Å². The fourth-order valence-corrected chi connectivity index (χ4v) is 1.99. The number of aromatic amines is 1. The molecule has 0 unspecified atom stereocenters. The van der Waals surface area contributed by atoms with Gasteiger partial charge in [-0.05, 0) is 24.3 Å². The van der Waals surface area contributed by atoms with Crippen molar-refractivity contribution < 1.29 is 0 Å². The predicted octanol–water partition coefficient (Wildman–Crippen LogP) is 2.42. The Morgan fingerprint density at radius 1 is 1.25 bits per heavy atom. The molecule has 2 aromatic heterocycles. The van der Waals surface area contributed by atoms with Crippen molar-refractivity contribution in [3.8, 4) is 0 Å². The lowest BCUT2D eigenvalue weighted by Crippen LogP contribution is -2.16. The van der Waals surface area contributed by atoms with Crippen LogP contribution in [-0.2, 0) is 0 Å². The molecule has 0 fully saturated rings. The van der Waals surface area contributed by atoms with Gasteiger partial charge in [0.05, 0.1) is 11.0 Å². The second kappa shape index (κ2) is 3.10. The van der Waals surface area contributed by atoms with Crippen LogP contribution in [0.3, 0.4) is 0 Å². The lowest BCUT2D eigenvalue weighted by Gasteiger charge is -1.97. The van der Waals surface area contributed by atoms with Gasteiger partial charge >= 0.3 is 5.69 Å². The molecule has 0 radical (unpaired) electrons. The molecule has 16 heavy (non-hydrogen) atoms. The number of hydrogen-bond acceptors (Lipinski definition) is 1. The van der Waals surface area contributed by atoms with E-state index in [1.54, 1.807) is 10.5 Å². The van der Waals surface area contributed by atoms with Gasteiger partial charge in [0.15, 0.2) is 0 Å². The van der Waals surface area contributed by atoms with Crippen molar-refractivity contribution in [2.24, 2.45) is 0 Å². The third-order valence-electron chi connectivity index (χ3n) is 2.72. The van der Waals surface area contributed by atoms with Crippen LogP contribution in [0.5, 0.6) is 0 Å². The van der Waals surface area contributed by atoms with Crippen LogP contribution < -0.4 is 5.69 Å². The van der Waals surface area contributed by atoms with Crippen molar-refractivity contribution >= 4 is 22.5 Å². The van der Waals surface area contributed by atoms with Crippen LogP contribution in [-0.4, -0.2) is 9.38 Å².